The van der Waals surface area contributed by atoms with Crippen molar-refractivity contribution < 1.29 is 132 Å². The average molecular weight is 1600 g/mol. The van der Waals surface area contributed by atoms with Crippen LogP contribution in [0.5, 0.6) is 0 Å². The highest BCUT2D eigenvalue weighted by atomic mass is 16.4. The maximum atomic E-state index is 14.2. The molecule has 0 aromatic heterocycles. The van der Waals surface area contributed by atoms with Gasteiger partial charge in [0.15, 0.2) is 12.0 Å². The van der Waals surface area contributed by atoms with E-state index in [0.717, 1.165) is 42.4 Å². The molecule has 0 aliphatic carbocycles. The molecule has 626 valence electrons. The van der Waals surface area contributed by atoms with Gasteiger partial charge in [-0.1, -0.05) is 0 Å². The first-order valence-electron chi connectivity index (χ1n) is 35.6. The zero-order valence-electron chi connectivity index (χ0n) is 62.4. The summed E-state index contributed by atoms with van der Waals surface area (Å²) < 4.78 is 0. The second kappa shape index (κ2) is 45.6. The third kappa shape index (κ3) is 29.7. The minimum absolute atomic E-state index is 0.0353. The van der Waals surface area contributed by atoms with E-state index >= 15 is 0 Å². The van der Waals surface area contributed by atoms with Crippen molar-refractivity contribution in [1.29, 1.82) is 0 Å². The van der Waals surface area contributed by atoms with Crippen LogP contribution in [0.1, 0.15) is 119 Å². The van der Waals surface area contributed by atoms with Gasteiger partial charge in [0.25, 0.3) is 0 Å². The van der Waals surface area contributed by atoms with Crippen LogP contribution in [-0.2, 0) is 95.9 Å². The Bertz CT molecular complexity index is 3510. The summed E-state index contributed by atoms with van der Waals surface area (Å²) in [6.07, 6.45) is -6.47. The second-order valence-electron chi connectivity index (χ2n) is 26.7. The minimum Gasteiger partial charge on any atom is -0.481 e. The SMILES string of the molecule is C[C@H](NC(=O)CNC(=O)[C@@H]1CCCN1C(=O)[C@H](CC(N)=O)NC(=O)[C@H](C)NC(=O)CN)C(=O)N[C@@H](CC(=O)O)C(=O)N[C@@H](C)C(=O)N[C@@H](CCC(=O)O)C(=O)N[C@@H](CCCN=C(N)N)C(=O)N[C@@H](CO)C(=O)N1CCC[C@H]1C(=O)N[C@@H](CO)C(=O)N[C@H](C(=O)N1CCC[C@H]1C(=O)N[C@@H](C)C(=O)N[C@H](C(=O)O)[C@@H](C)O)[C@@H](C)O. The van der Waals surface area contributed by atoms with E-state index < -0.39 is 273 Å². The zero-order valence-corrected chi connectivity index (χ0v) is 62.4. The van der Waals surface area contributed by atoms with Crippen molar-refractivity contribution in [3.8, 4) is 0 Å². The van der Waals surface area contributed by atoms with Gasteiger partial charge in [-0.05, 0) is 99.3 Å². The lowest BCUT2D eigenvalue weighted by atomic mass is 10.1. The highest BCUT2D eigenvalue weighted by Crippen LogP contribution is 2.23. The Kier molecular flexibility index (Phi) is 38.5. The quantitative estimate of drug-likeness (QED) is 0.0153. The molecule has 17 amide bonds. The molecule has 0 spiro atoms. The number of carboxylic acids is 3. The largest absolute Gasteiger partial charge is 0.481 e. The van der Waals surface area contributed by atoms with Crippen LogP contribution in [0, 0.1) is 0 Å². The Morgan fingerprint density at radius 2 is 0.821 bits per heavy atom. The van der Waals surface area contributed by atoms with Crippen LogP contribution in [-0.4, -0.2) is 330 Å². The van der Waals surface area contributed by atoms with Crippen LogP contribution in [0.4, 0.5) is 0 Å². The topological polar surface area (TPSA) is 766 Å². The number of guanidine groups is 1. The van der Waals surface area contributed by atoms with E-state index in [9.17, 15) is 132 Å². The molecule has 0 unspecified atom stereocenters. The van der Waals surface area contributed by atoms with Crippen LogP contribution in [0.15, 0.2) is 4.99 Å². The summed E-state index contributed by atoms with van der Waals surface area (Å²) in [5.74, 6) is -23.0. The minimum atomic E-state index is -1.99. The fourth-order valence-corrected chi connectivity index (χ4v) is 11.7. The molecule has 0 radical (unpaired) electrons. The number of carbonyl (C=O) groups is 20. The fourth-order valence-electron chi connectivity index (χ4n) is 11.7. The second-order valence-corrected chi connectivity index (χ2v) is 26.7. The number of carboxylic acid groups (broad SMARTS) is 3. The fraction of sp³-hybridized carbons (Fsp3) is 0.672. The molecule has 3 saturated heterocycles. The summed E-state index contributed by atoms with van der Waals surface area (Å²) >= 11 is 0. The summed E-state index contributed by atoms with van der Waals surface area (Å²) in [6.45, 7) is 2.75. The molecule has 3 heterocycles. The van der Waals surface area contributed by atoms with Gasteiger partial charge in [-0.25, -0.2) is 4.79 Å². The first-order chi connectivity index (χ1) is 52.5. The third-order valence-corrected chi connectivity index (χ3v) is 17.8. The molecule has 28 N–H and O–H groups in total. The van der Waals surface area contributed by atoms with Gasteiger partial charge >= 0.3 is 17.9 Å². The highest BCUT2D eigenvalue weighted by molar-refractivity contribution is 6.02. The molecule has 3 aliphatic heterocycles. The molecule has 3 fully saturated rings. The standard InChI is InChI=1S/C64H103N21O27/c1-27(71-43(91)23-65)50(98)78-36(21-42(66)90)60(108)83-18-8-12-39(83)57(105)70-24-44(92)72-28(2)49(97)77-35(22-46(95)96)55(103)73-29(3)51(99)75-34(15-16-45(93)94)54(102)76-33(11-7-17-69-64(67)68)53(101)80-38(26-87)61(109)84-19-9-14-41(84)59(107)79-37(25-86)56(104)81-47(31(5)88)62(110)85-20-10-13-40(85)58(106)74-30(4)52(100)82-48(32(6)89)63(111)112/h27-41,47-48,86-89H,7-26,65H2,1-6H3,(H2,66,90)(H,70,105)(H,71,91)(H,72,92)(H,73,103)(H,74,106)(H,75,99)(H,76,102)(H,77,97)(H,78,98)(H,79,107)(H,80,101)(H,81,104)(H,82,100)(H,93,94)(H,95,96)(H,111,112)(H4,67,68,69)/t27-,28-,29-,30-,31+,32+,33-,34-,35-,36-,37-,38-,39-,40-,41-,47-,48-/m0/s1. The maximum Gasteiger partial charge on any atom is 0.328 e. The van der Waals surface area contributed by atoms with Gasteiger partial charge in [-0.3, -0.25) is 96.1 Å². The number of aliphatic hydroxyl groups is 4. The first kappa shape index (κ1) is 94.7. The highest BCUT2D eigenvalue weighted by Gasteiger charge is 2.45. The zero-order chi connectivity index (χ0) is 84.7. The number of rotatable bonds is 45. The number of nitrogens with two attached hydrogens (primary N) is 4. The number of nitrogens with zero attached hydrogens (tertiary/aromatic N) is 4. The Balaban J connectivity index is 1.72. The van der Waals surface area contributed by atoms with Crippen molar-refractivity contribution in [3.05, 3.63) is 0 Å². The van der Waals surface area contributed by atoms with Gasteiger partial charge in [0.05, 0.1) is 51.4 Å². The maximum absolute atomic E-state index is 14.2. The van der Waals surface area contributed by atoms with E-state index in [0.29, 0.717) is 0 Å². The normalized spacial score (nSPS) is 18.8. The summed E-state index contributed by atoms with van der Waals surface area (Å²) in [5.41, 5.74) is 21.5. The molecular formula is C64H103N21O27. The van der Waals surface area contributed by atoms with Crippen molar-refractivity contribution in [1.82, 2.24) is 83.8 Å². The van der Waals surface area contributed by atoms with Crippen molar-refractivity contribution in [2.24, 2.45) is 27.9 Å². The predicted molar refractivity (Wildman–Crippen MR) is 380 cm³/mol. The number of carbonyl (C=O) groups excluding carboxylic acids is 17. The lowest BCUT2D eigenvalue weighted by molar-refractivity contribution is -0.146. The van der Waals surface area contributed by atoms with Crippen LogP contribution in [0.2, 0.25) is 0 Å². The van der Waals surface area contributed by atoms with E-state index in [1.165, 1.54) is 13.8 Å². The van der Waals surface area contributed by atoms with Gasteiger partial charge in [0, 0.05) is 32.6 Å². The number of amides is 17. The van der Waals surface area contributed by atoms with E-state index in [1.54, 1.807) is 0 Å². The van der Waals surface area contributed by atoms with Crippen LogP contribution in [0.3, 0.4) is 0 Å². The Labute approximate surface area is 639 Å². The Morgan fingerprint density at radius 3 is 1.29 bits per heavy atom. The summed E-state index contributed by atoms with van der Waals surface area (Å²) in [5, 5.41) is 99.2. The average Bonchev–Trinajstić information content (AvgIpc) is 1.80. The Hall–Kier alpha value is -11.5. The van der Waals surface area contributed by atoms with Crippen molar-refractivity contribution in [2.45, 2.75) is 221 Å². The molecule has 48 nitrogen and oxygen atoms in total. The monoisotopic (exact) mass is 1600 g/mol. The summed E-state index contributed by atoms with van der Waals surface area (Å²) in [6, 6.07) is -24.4. The Morgan fingerprint density at radius 1 is 0.420 bits per heavy atom. The van der Waals surface area contributed by atoms with E-state index in [4.69, 9.17) is 22.9 Å². The van der Waals surface area contributed by atoms with Crippen molar-refractivity contribution in [2.75, 3.05) is 52.5 Å². The smallest absolute Gasteiger partial charge is 0.328 e. The lowest BCUT2D eigenvalue weighted by Gasteiger charge is -2.32. The van der Waals surface area contributed by atoms with E-state index in [1.807, 2.05) is 0 Å². The molecule has 0 saturated carbocycles. The molecule has 112 heavy (non-hydrogen) atoms. The molecule has 17 atom stereocenters. The number of hydrogen-bond acceptors (Lipinski definition) is 26. The molecule has 0 aromatic carbocycles. The van der Waals surface area contributed by atoms with Gasteiger partial charge in [-0.2, -0.15) is 0 Å². The third-order valence-electron chi connectivity index (χ3n) is 17.8. The number of aliphatic hydroxyl groups excluding tert-OH is 4. The van der Waals surface area contributed by atoms with E-state index in [2.05, 4.69) is 74.1 Å². The number of likely N-dealkylation sites (tertiary alicyclic amines) is 3. The molecule has 0 aromatic rings. The summed E-state index contributed by atoms with van der Waals surface area (Å²) in [4.78, 5) is 270. The van der Waals surface area contributed by atoms with Crippen molar-refractivity contribution >= 4 is 124 Å². The molecule has 48 heteroatoms. The van der Waals surface area contributed by atoms with Crippen LogP contribution >= 0.6 is 0 Å². The number of aliphatic imine (C=N–C) groups is 1. The molecule has 0 bridgehead atoms. The number of hydrogen-bond donors (Lipinski definition) is 24. The van der Waals surface area contributed by atoms with Gasteiger partial charge in [0.2, 0.25) is 100 Å². The number of nitrogens with one attached hydrogen (secondary N) is 13. The molecule has 3 rings (SSSR count). The molecular weight excluding hydrogens is 1490 g/mol. The first-order valence-corrected chi connectivity index (χ1v) is 35.6. The van der Waals surface area contributed by atoms with Crippen LogP contribution < -0.4 is 92.1 Å². The number of aliphatic carboxylic acids is 3. The van der Waals surface area contributed by atoms with Crippen LogP contribution in [0.25, 0.3) is 0 Å². The predicted octanol–water partition coefficient (Wildman–Crippen LogP) is -14.0. The van der Waals surface area contributed by atoms with Gasteiger partial charge in [0.1, 0.15) is 84.6 Å². The van der Waals surface area contributed by atoms with E-state index in [-0.39, 0.29) is 83.5 Å². The summed E-state index contributed by atoms with van der Waals surface area (Å²) in [7, 11) is 0. The number of primary amides is 1. The van der Waals surface area contributed by atoms with Crippen molar-refractivity contribution in [3.63, 3.8) is 0 Å². The molecule has 3 aliphatic rings. The van der Waals surface area contributed by atoms with Gasteiger partial charge < -0.3 is 142 Å². The van der Waals surface area contributed by atoms with Gasteiger partial charge in [-0.15, -0.1) is 0 Å². The lowest BCUT2D eigenvalue weighted by Crippen LogP contribution is -2.62.